The highest BCUT2D eigenvalue weighted by Crippen LogP contribution is 2.64. The molecule has 0 aromatic heterocycles. The first-order chi connectivity index (χ1) is 19.7. The molecule has 224 valence electrons. The van der Waals surface area contributed by atoms with Gasteiger partial charge >= 0.3 is 5.97 Å². The number of carbonyl (C=O) groups is 2. The lowest BCUT2D eigenvalue weighted by atomic mass is 9.48. The first kappa shape index (κ1) is 30.1. The summed E-state index contributed by atoms with van der Waals surface area (Å²) in [5.74, 6) is 2.68. The Morgan fingerprint density at radius 3 is 2.37 bits per heavy atom. The Labute approximate surface area is 248 Å². The number of hydrogen-bond donors (Lipinski definition) is 0. The molecular formula is C37H52O4. The molecule has 0 N–H and O–H groups in total. The molecule has 1 aromatic carbocycles. The van der Waals surface area contributed by atoms with Crippen molar-refractivity contribution in [3.63, 3.8) is 0 Å². The summed E-state index contributed by atoms with van der Waals surface area (Å²) in [5.41, 5.74) is 3.52. The summed E-state index contributed by atoms with van der Waals surface area (Å²) in [5, 5.41) is 0. The van der Waals surface area contributed by atoms with Gasteiger partial charge in [0.05, 0.1) is 6.61 Å². The smallest absolute Gasteiger partial charge is 0.302 e. The van der Waals surface area contributed by atoms with Crippen LogP contribution in [0, 0.1) is 28.6 Å². The monoisotopic (exact) mass is 560 g/mol. The molecule has 0 unspecified atom stereocenters. The number of esters is 1. The van der Waals surface area contributed by atoms with E-state index in [1.165, 1.54) is 51.0 Å². The van der Waals surface area contributed by atoms with Crippen LogP contribution >= 0.6 is 0 Å². The highest BCUT2D eigenvalue weighted by molar-refractivity contribution is 6.06. The molecule has 4 heteroatoms. The molecule has 0 bridgehead atoms. The van der Waals surface area contributed by atoms with E-state index >= 15 is 0 Å². The molecule has 0 heterocycles. The molecule has 3 saturated carbocycles. The number of ketones is 1. The average molecular weight is 561 g/mol. The number of benzene rings is 1. The largest absolute Gasteiger partial charge is 0.494 e. The fourth-order valence-corrected chi connectivity index (χ4v) is 8.87. The fraction of sp³-hybridized carbons (Fsp3) is 0.676. The van der Waals surface area contributed by atoms with Gasteiger partial charge in [0.2, 0.25) is 0 Å². The number of ether oxygens (including phenoxy) is 2. The maximum absolute atomic E-state index is 13.8. The third kappa shape index (κ3) is 6.37. The number of rotatable bonds is 11. The Morgan fingerprint density at radius 2 is 1.63 bits per heavy atom. The lowest BCUT2D eigenvalue weighted by Gasteiger charge is -2.56. The van der Waals surface area contributed by atoms with Crippen LogP contribution in [0.3, 0.4) is 0 Å². The van der Waals surface area contributed by atoms with Crippen molar-refractivity contribution in [1.29, 1.82) is 0 Å². The molecule has 0 saturated heterocycles. The lowest BCUT2D eigenvalue weighted by molar-refractivity contribution is -0.148. The molecule has 0 spiro atoms. The van der Waals surface area contributed by atoms with Gasteiger partial charge in [-0.15, -0.1) is 0 Å². The van der Waals surface area contributed by atoms with Gasteiger partial charge in [0.15, 0.2) is 5.78 Å². The Kier molecular flexibility index (Phi) is 9.46. The second-order valence-electron chi connectivity index (χ2n) is 13.9. The SMILES string of the molecule is CCCCCCCCCOc1ccc(/C=C2\C[C@@H]3[C@H]4CC=C5C[C@@H](OC(C)=O)CC[C@]5(C)[C@@H]4CC[C@@]3(C)C2=O)cc1. The highest BCUT2D eigenvalue weighted by atomic mass is 16.5. The van der Waals surface area contributed by atoms with Crippen molar-refractivity contribution in [2.24, 2.45) is 28.6 Å². The Bertz CT molecular complexity index is 1150. The third-order valence-electron chi connectivity index (χ3n) is 11.3. The quantitative estimate of drug-likeness (QED) is 0.117. The van der Waals surface area contributed by atoms with Crippen LogP contribution in [0.5, 0.6) is 5.75 Å². The van der Waals surface area contributed by atoms with Gasteiger partial charge in [-0.1, -0.05) is 83.1 Å². The number of Topliss-reactive ketones (excluding diaryl/α,β-unsaturated/α-hetero) is 1. The maximum Gasteiger partial charge on any atom is 0.302 e. The van der Waals surface area contributed by atoms with E-state index in [2.05, 4.69) is 57.2 Å². The van der Waals surface area contributed by atoms with Gasteiger partial charge < -0.3 is 9.47 Å². The summed E-state index contributed by atoms with van der Waals surface area (Å²) < 4.78 is 11.6. The summed E-state index contributed by atoms with van der Waals surface area (Å²) in [6.07, 6.45) is 20.6. The molecule has 4 aliphatic carbocycles. The minimum Gasteiger partial charge on any atom is -0.494 e. The number of carbonyl (C=O) groups excluding carboxylic acids is 2. The van der Waals surface area contributed by atoms with Crippen LogP contribution < -0.4 is 4.74 Å². The van der Waals surface area contributed by atoms with Crippen LogP contribution in [0.15, 0.2) is 41.5 Å². The first-order valence-electron chi connectivity index (χ1n) is 16.6. The van der Waals surface area contributed by atoms with Gasteiger partial charge in [-0.25, -0.2) is 0 Å². The van der Waals surface area contributed by atoms with Crippen LogP contribution in [0.1, 0.15) is 123 Å². The van der Waals surface area contributed by atoms with Crippen LogP contribution in [0.25, 0.3) is 6.08 Å². The predicted octanol–water partition coefficient (Wildman–Crippen LogP) is 9.27. The van der Waals surface area contributed by atoms with Crippen molar-refractivity contribution in [1.82, 2.24) is 0 Å². The molecule has 3 fully saturated rings. The number of fused-ring (bicyclic) bond motifs is 5. The van der Waals surface area contributed by atoms with Gasteiger partial charge in [0.25, 0.3) is 0 Å². The van der Waals surface area contributed by atoms with Crippen LogP contribution in [0.2, 0.25) is 0 Å². The molecule has 0 aliphatic heterocycles. The number of hydrogen-bond acceptors (Lipinski definition) is 4. The zero-order valence-corrected chi connectivity index (χ0v) is 26.0. The van der Waals surface area contributed by atoms with E-state index in [4.69, 9.17) is 9.47 Å². The molecule has 5 rings (SSSR count). The van der Waals surface area contributed by atoms with E-state index in [1.807, 2.05) is 0 Å². The highest BCUT2D eigenvalue weighted by Gasteiger charge is 2.60. The molecule has 4 aliphatic rings. The van der Waals surface area contributed by atoms with Gasteiger partial charge in [-0.05, 0) is 97.5 Å². The minimum atomic E-state index is -0.247. The lowest BCUT2D eigenvalue weighted by Crippen LogP contribution is -2.50. The van der Waals surface area contributed by atoms with Gasteiger partial charge in [-0.3, -0.25) is 9.59 Å². The second kappa shape index (κ2) is 12.9. The molecule has 0 amide bonds. The van der Waals surface area contributed by atoms with Crippen molar-refractivity contribution < 1.29 is 19.1 Å². The summed E-state index contributed by atoms with van der Waals surface area (Å²) in [6, 6.07) is 8.31. The normalized spacial score (nSPS) is 33.5. The summed E-state index contributed by atoms with van der Waals surface area (Å²) >= 11 is 0. The number of unbranched alkanes of at least 4 members (excludes halogenated alkanes) is 6. The van der Waals surface area contributed by atoms with Crippen molar-refractivity contribution >= 4 is 17.8 Å². The average Bonchev–Trinajstić information content (AvgIpc) is 3.20. The van der Waals surface area contributed by atoms with Crippen molar-refractivity contribution in [2.45, 2.75) is 124 Å². The first-order valence-corrected chi connectivity index (χ1v) is 16.6. The molecule has 6 atom stereocenters. The van der Waals surface area contributed by atoms with Crippen LogP contribution in [-0.4, -0.2) is 24.5 Å². The van der Waals surface area contributed by atoms with Crippen LogP contribution in [0.4, 0.5) is 0 Å². The third-order valence-corrected chi connectivity index (χ3v) is 11.3. The standard InChI is InChI=1S/C37H52O4/c1-5-6-7-8-9-10-11-22-40-30-15-12-27(13-16-30)23-28-24-34-32-17-14-29-25-31(41-26(2)38)18-20-36(29,3)33(32)19-21-37(34,4)35(28)39/h12-16,23,31-34H,5-11,17-22,24-25H2,1-4H3/b28-23+/t31-,32-,33+,34+,36-,37+/m0/s1. The van der Waals surface area contributed by atoms with Gasteiger partial charge in [-0.2, -0.15) is 0 Å². The zero-order valence-electron chi connectivity index (χ0n) is 26.0. The Morgan fingerprint density at radius 1 is 0.927 bits per heavy atom. The predicted molar refractivity (Wildman–Crippen MR) is 166 cm³/mol. The summed E-state index contributed by atoms with van der Waals surface area (Å²) in [6.45, 7) is 9.25. The van der Waals surface area contributed by atoms with E-state index in [1.54, 1.807) is 0 Å². The maximum atomic E-state index is 13.8. The summed E-state index contributed by atoms with van der Waals surface area (Å²) in [4.78, 5) is 25.4. The Hall–Kier alpha value is -2.36. The van der Waals surface area contributed by atoms with Crippen LogP contribution in [-0.2, 0) is 14.3 Å². The zero-order chi connectivity index (χ0) is 29.0. The van der Waals surface area contributed by atoms with E-state index in [0.29, 0.717) is 23.5 Å². The topological polar surface area (TPSA) is 52.6 Å². The fourth-order valence-electron chi connectivity index (χ4n) is 8.87. The van der Waals surface area contributed by atoms with E-state index in [0.717, 1.165) is 74.9 Å². The molecule has 4 nitrogen and oxygen atoms in total. The van der Waals surface area contributed by atoms with Crippen molar-refractivity contribution in [3.05, 3.63) is 47.1 Å². The van der Waals surface area contributed by atoms with Crippen molar-refractivity contribution in [3.8, 4) is 5.75 Å². The molecular weight excluding hydrogens is 508 g/mol. The Balaban J connectivity index is 1.20. The summed E-state index contributed by atoms with van der Waals surface area (Å²) in [7, 11) is 0. The molecule has 1 aromatic rings. The number of allylic oxidation sites excluding steroid dienone is 2. The van der Waals surface area contributed by atoms with E-state index in [9.17, 15) is 9.59 Å². The van der Waals surface area contributed by atoms with Gasteiger partial charge in [0, 0.05) is 18.8 Å². The van der Waals surface area contributed by atoms with E-state index < -0.39 is 0 Å². The van der Waals surface area contributed by atoms with Crippen molar-refractivity contribution in [2.75, 3.05) is 6.61 Å². The molecule has 0 radical (unpaired) electrons. The van der Waals surface area contributed by atoms with E-state index in [-0.39, 0.29) is 22.9 Å². The second-order valence-corrected chi connectivity index (χ2v) is 13.9. The molecule has 41 heavy (non-hydrogen) atoms. The van der Waals surface area contributed by atoms with Gasteiger partial charge in [0.1, 0.15) is 11.9 Å². The minimum absolute atomic E-state index is 0.0249.